The highest BCUT2D eigenvalue weighted by molar-refractivity contribution is 5.28. The van der Waals surface area contributed by atoms with Gasteiger partial charge in [-0.1, -0.05) is 24.3 Å². The molecule has 84 valence electrons. The molecule has 1 atom stereocenters. The molecule has 0 aliphatic carbocycles. The van der Waals surface area contributed by atoms with Crippen LogP contribution in [-0.4, -0.2) is 26.8 Å². The second kappa shape index (κ2) is 6.59. The first-order valence-corrected chi connectivity index (χ1v) is 5.52. The van der Waals surface area contributed by atoms with Crippen LogP contribution in [-0.2, 0) is 17.6 Å². The van der Waals surface area contributed by atoms with Crippen molar-refractivity contribution in [3.05, 3.63) is 35.4 Å². The molecule has 1 aromatic carbocycles. The van der Waals surface area contributed by atoms with E-state index >= 15 is 0 Å². The van der Waals surface area contributed by atoms with Crippen molar-refractivity contribution in [1.29, 1.82) is 0 Å². The van der Waals surface area contributed by atoms with Crippen LogP contribution >= 0.6 is 0 Å². The molecule has 0 radical (unpaired) electrons. The number of ether oxygens (including phenoxy) is 1. The second-order valence-corrected chi connectivity index (χ2v) is 3.87. The predicted molar refractivity (Wildman–Crippen MR) is 64.2 cm³/mol. The van der Waals surface area contributed by atoms with Gasteiger partial charge in [0.1, 0.15) is 0 Å². The molecule has 0 saturated carbocycles. The van der Waals surface area contributed by atoms with Crippen LogP contribution in [0.1, 0.15) is 18.1 Å². The summed E-state index contributed by atoms with van der Waals surface area (Å²) in [5, 5.41) is 3.18. The Labute approximate surface area is 92.6 Å². The summed E-state index contributed by atoms with van der Waals surface area (Å²) >= 11 is 0. The summed E-state index contributed by atoms with van der Waals surface area (Å²) in [4.78, 5) is 0. The Hall–Kier alpha value is -0.860. The summed E-state index contributed by atoms with van der Waals surface area (Å²) in [6, 6.07) is 8.60. The van der Waals surface area contributed by atoms with Gasteiger partial charge < -0.3 is 10.1 Å². The maximum absolute atomic E-state index is 5.30. The third-order valence-electron chi connectivity index (χ3n) is 2.67. The van der Waals surface area contributed by atoms with Crippen LogP contribution < -0.4 is 5.32 Å². The van der Waals surface area contributed by atoms with E-state index in [1.165, 1.54) is 11.1 Å². The average molecular weight is 207 g/mol. The Kier molecular flexibility index (Phi) is 5.37. The molecule has 0 spiro atoms. The van der Waals surface area contributed by atoms with Crippen LogP contribution in [0.2, 0.25) is 0 Å². The van der Waals surface area contributed by atoms with E-state index in [0.29, 0.717) is 6.10 Å². The Morgan fingerprint density at radius 2 is 1.93 bits per heavy atom. The van der Waals surface area contributed by atoms with Gasteiger partial charge in [-0.25, -0.2) is 0 Å². The van der Waals surface area contributed by atoms with Gasteiger partial charge >= 0.3 is 0 Å². The minimum atomic E-state index is 0.292. The van der Waals surface area contributed by atoms with Crippen molar-refractivity contribution in [1.82, 2.24) is 5.32 Å². The van der Waals surface area contributed by atoms with Crippen LogP contribution in [0.3, 0.4) is 0 Å². The van der Waals surface area contributed by atoms with Crippen molar-refractivity contribution in [2.24, 2.45) is 0 Å². The van der Waals surface area contributed by atoms with Crippen molar-refractivity contribution in [3.8, 4) is 0 Å². The minimum Gasteiger partial charge on any atom is -0.381 e. The smallest absolute Gasteiger partial charge is 0.0583 e. The Morgan fingerprint density at radius 3 is 2.53 bits per heavy atom. The maximum Gasteiger partial charge on any atom is 0.0583 e. The van der Waals surface area contributed by atoms with Crippen molar-refractivity contribution in [2.45, 2.75) is 25.9 Å². The molecular weight excluding hydrogens is 186 g/mol. The summed E-state index contributed by atoms with van der Waals surface area (Å²) < 4.78 is 5.30. The molecule has 0 aliphatic rings. The average Bonchev–Trinajstić information content (AvgIpc) is 2.28. The number of hydrogen-bond donors (Lipinski definition) is 1. The van der Waals surface area contributed by atoms with E-state index in [2.05, 4.69) is 36.5 Å². The van der Waals surface area contributed by atoms with Crippen LogP contribution in [0.5, 0.6) is 0 Å². The van der Waals surface area contributed by atoms with E-state index in [4.69, 9.17) is 4.74 Å². The quantitative estimate of drug-likeness (QED) is 0.770. The molecule has 15 heavy (non-hydrogen) atoms. The highest BCUT2D eigenvalue weighted by Crippen LogP contribution is 2.12. The van der Waals surface area contributed by atoms with E-state index in [9.17, 15) is 0 Å². The fraction of sp³-hybridized carbons (Fsp3) is 0.538. The van der Waals surface area contributed by atoms with Crippen LogP contribution in [0.15, 0.2) is 24.3 Å². The maximum atomic E-state index is 5.30. The van der Waals surface area contributed by atoms with Gasteiger partial charge in [0, 0.05) is 7.11 Å². The van der Waals surface area contributed by atoms with Gasteiger partial charge in [0.15, 0.2) is 0 Å². The normalized spacial score (nSPS) is 12.7. The van der Waals surface area contributed by atoms with Crippen molar-refractivity contribution >= 4 is 0 Å². The molecule has 1 unspecified atom stereocenters. The van der Waals surface area contributed by atoms with E-state index in [-0.39, 0.29) is 0 Å². The van der Waals surface area contributed by atoms with E-state index in [1.807, 2.05) is 7.05 Å². The molecule has 0 aliphatic heterocycles. The lowest BCUT2D eigenvalue weighted by molar-refractivity contribution is 0.118. The molecule has 0 saturated heterocycles. The van der Waals surface area contributed by atoms with Gasteiger partial charge in [-0.15, -0.1) is 0 Å². The summed E-state index contributed by atoms with van der Waals surface area (Å²) in [6.45, 7) is 3.13. The van der Waals surface area contributed by atoms with E-state index in [1.54, 1.807) is 7.11 Å². The van der Waals surface area contributed by atoms with Gasteiger partial charge in [-0.3, -0.25) is 0 Å². The highest BCUT2D eigenvalue weighted by Gasteiger charge is 2.05. The summed E-state index contributed by atoms with van der Waals surface area (Å²) in [5.74, 6) is 0. The molecule has 0 amide bonds. The molecule has 0 heterocycles. The molecule has 1 aromatic rings. The molecule has 0 fully saturated rings. The Bertz CT molecular complexity index is 286. The van der Waals surface area contributed by atoms with Crippen molar-refractivity contribution < 1.29 is 4.74 Å². The lowest BCUT2D eigenvalue weighted by Gasteiger charge is -2.13. The monoisotopic (exact) mass is 207 g/mol. The minimum absolute atomic E-state index is 0.292. The number of nitrogens with one attached hydrogen (secondary N) is 1. The second-order valence-electron chi connectivity index (χ2n) is 3.87. The standard InChI is InChI=1S/C13H21NO/c1-11(15-3)10-13-7-5-4-6-12(13)8-9-14-2/h4-7,11,14H,8-10H2,1-3H3. The van der Waals surface area contributed by atoms with Crippen molar-refractivity contribution in [3.63, 3.8) is 0 Å². The molecular formula is C13H21NO. The summed E-state index contributed by atoms with van der Waals surface area (Å²) in [5.41, 5.74) is 2.83. The number of hydrogen-bond acceptors (Lipinski definition) is 2. The number of methoxy groups -OCH3 is 1. The molecule has 2 heteroatoms. The fourth-order valence-electron chi connectivity index (χ4n) is 1.65. The summed E-state index contributed by atoms with van der Waals surface area (Å²) in [7, 11) is 3.75. The van der Waals surface area contributed by atoms with Gasteiger partial charge in [-0.2, -0.15) is 0 Å². The third kappa shape index (κ3) is 4.02. The lowest BCUT2D eigenvalue weighted by atomic mass is 10.00. The van der Waals surface area contributed by atoms with E-state index in [0.717, 1.165) is 19.4 Å². The van der Waals surface area contributed by atoms with E-state index < -0.39 is 0 Å². The van der Waals surface area contributed by atoms with Crippen molar-refractivity contribution in [2.75, 3.05) is 20.7 Å². The fourth-order valence-corrected chi connectivity index (χ4v) is 1.65. The molecule has 0 aromatic heterocycles. The van der Waals surface area contributed by atoms with Crippen LogP contribution in [0, 0.1) is 0 Å². The Morgan fingerprint density at radius 1 is 1.27 bits per heavy atom. The van der Waals surface area contributed by atoms with Crippen LogP contribution in [0.25, 0.3) is 0 Å². The predicted octanol–water partition coefficient (Wildman–Crippen LogP) is 2.03. The zero-order chi connectivity index (χ0) is 11.1. The first kappa shape index (κ1) is 12.2. The van der Waals surface area contributed by atoms with Gasteiger partial charge in [-0.05, 0) is 44.5 Å². The Balaban J connectivity index is 2.67. The van der Waals surface area contributed by atoms with Crippen LogP contribution in [0.4, 0.5) is 0 Å². The number of rotatable bonds is 6. The number of benzene rings is 1. The zero-order valence-corrected chi connectivity index (χ0v) is 9.92. The first-order chi connectivity index (χ1) is 7.27. The molecule has 1 rings (SSSR count). The first-order valence-electron chi connectivity index (χ1n) is 5.52. The molecule has 0 bridgehead atoms. The lowest BCUT2D eigenvalue weighted by Crippen LogP contribution is -2.14. The third-order valence-corrected chi connectivity index (χ3v) is 2.67. The SMILES string of the molecule is CNCCc1ccccc1CC(C)OC. The molecule has 2 nitrogen and oxygen atoms in total. The van der Waals surface area contributed by atoms with Gasteiger partial charge in [0.25, 0.3) is 0 Å². The topological polar surface area (TPSA) is 21.3 Å². The van der Waals surface area contributed by atoms with Gasteiger partial charge in [0.2, 0.25) is 0 Å². The largest absolute Gasteiger partial charge is 0.381 e. The zero-order valence-electron chi connectivity index (χ0n) is 9.92. The number of likely N-dealkylation sites (N-methyl/N-ethyl adjacent to an activating group) is 1. The molecule has 1 N–H and O–H groups in total. The highest BCUT2D eigenvalue weighted by atomic mass is 16.5. The summed E-state index contributed by atoms with van der Waals surface area (Å²) in [6.07, 6.45) is 2.38. The van der Waals surface area contributed by atoms with Gasteiger partial charge in [0.05, 0.1) is 6.10 Å².